The molecule has 238 valence electrons. The Kier molecular flexibility index (Phi) is 11.5. The van der Waals surface area contributed by atoms with Gasteiger partial charge in [0.2, 0.25) is 11.8 Å². The Hall–Kier alpha value is -4.97. The maximum atomic E-state index is 13.8. The molecule has 4 rings (SSSR count). The molecule has 0 fully saturated rings. The Morgan fingerprint density at radius 1 is 0.956 bits per heavy atom. The molecule has 0 aliphatic heterocycles. The lowest BCUT2D eigenvalue weighted by Crippen LogP contribution is -2.57. The van der Waals surface area contributed by atoms with Gasteiger partial charge in [-0.3, -0.25) is 19.2 Å². The fraction of sp³-hybridized carbons (Fsp3) is 0.364. The van der Waals surface area contributed by atoms with Gasteiger partial charge in [-0.15, -0.1) is 0 Å². The summed E-state index contributed by atoms with van der Waals surface area (Å²) < 4.78 is 4.94. The molecule has 4 amide bonds. The normalized spacial score (nSPS) is 13.8. The number of aryl methyl sites for hydroxylation is 1. The number of para-hydroxylation sites is 1. The van der Waals surface area contributed by atoms with Crippen molar-refractivity contribution in [1.29, 1.82) is 0 Å². The zero-order valence-electron chi connectivity index (χ0n) is 25.6. The molecule has 0 saturated carbocycles. The summed E-state index contributed by atoms with van der Waals surface area (Å²) >= 11 is 0. The van der Waals surface area contributed by atoms with Crippen LogP contribution in [0.2, 0.25) is 0 Å². The van der Waals surface area contributed by atoms with Crippen molar-refractivity contribution < 1.29 is 28.8 Å². The molecule has 0 aliphatic carbocycles. The number of carbonyl (C=O) groups is 4. The van der Waals surface area contributed by atoms with E-state index in [0.29, 0.717) is 18.6 Å². The average molecular weight is 617 g/mol. The van der Waals surface area contributed by atoms with Crippen LogP contribution in [0.5, 0.6) is 0 Å². The number of hydrogen-bond acceptors (Lipinski definition) is 7. The number of fused-ring (bicyclic) bond motifs is 1. The zero-order valence-corrected chi connectivity index (χ0v) is 25.6. The summed E-state index contributed by atoms with van der Waals surface area (Å²) in [4.78, 5) is 55.7. The van der Waals surface area contributed by atoms with E-state index in [0.717, 1.165) is 28.5 Å². The first kappa shape index (κ1) is 32.9. The third kappa shape index (κ3) is 9.02. The molecule has 0 radical (unpaired) electrons. The topological polar surface area (TPSA) is 178 Å². The maximum absolute atomic E-state index is 13.8. The second-order valence-corrected chi connectivity index (χ2v) is 11.0. The van der Waals surface area contributed by atoms with Crippen molar-refractivity contribution in [1.82, 2.24) is 31.4 Å². The summed E-state index contributed by atoms with van der Waals surface area (Å²) in [7, 11) is 0. The molecule has 4 atom stereocenters. The average Bonchev–Trinajstić information content (AvgIpc) is 3.67. The molecule has 0 spiro atoms. The Morgan fingerprint density at radius 3 is 2.40 bits per heavy atom. The van der Waals surface area contributed by atoms with Crippen LogP contribution in [0.15, 0.2) is 71.4 Å². The lowest BCUT2D eigenvalue weighted by molar-refractivity contribution is -0.134. The van der Waals surface area contributed by atoms with Gasteiger partial charge in [-0.1, -0.05) is 73.5 Å². The van der Waals surface area contributed by atoms with Gasteiger partial charge in [-0.05, 0) is 37.5 Å². The van der Waals surface area contributed by atoms with Gasteiger partial charge in [0.05, 0.1) is 6.04 Å². The summed E-state index contributed by atoms with van der Waals surface area (Å²) in [6, 6.07) is 15.3. The van der Waals surface area contributed by atoms with Crippen LogP contribution in [0.4, 0.5) is 0 Å². The SMILES string of the molecule is CCCC[C@H](NC(=O)[C@H](Cc1c[nH]c2ccccc12)NC(=O)[C@H](C)NC(=O)c1cc(C)on1)C(O)C(=O)NCc1ccccc1. The molecule has 2 aromatic carbocycles. The van der Waals surface area contributed by atoms with Gasteiger partial charge < -0.3 is 35.9 Å². The van der Waals surface area contributed by atoms with Gasteiger partial charge in [0.1, 0.15) is 17.8 Å². The first-order valence-electron chi connectivity index (χ1n) is 15.1. The number of unbranched alkanes of at least 4 members (excludes halogenated alkanes) is 1. The fourth-order valence-electron chi connectivity index (χ4n) is 4.92. The summed E-state index contributed by atoms with van der Waals surface area (Å²) in [5.41, 5.74) is 2.55. The Morgan fingerprint density at radius 2 is 1.69 bits per heavy atom. The Balaban J connectivity index is 1.49. The number of benzene rings is 2. The van der Waals surface area contributed by atoms with Gasteiger partial charge >= 0.3 is 0 Å². The summed E-state index contributed by atoms with van der Waals surface area (Å²) in [5.74, 6) is -1.94. The van der Waals surface area contributed by atoms with E-state index in [2.05, 4.69) is 31.4 Å². The molecule has 12 heteroatoms. The Labute approximate surface area is 261 Å². The van der Waals surface area contributed by atoms with Gasteiger partial charge in [0, 0.05) is 36.1 Å². The summed E-state index contributed by atoms with van der Waals surface area (Å²) in [6.45, 7) is 5.33. The second-order valence-electron chi connectivity index (χ2n) is 11.0. The predicted octanol–water partition coefficient (Wildman–Crippen LogP) is 2.66. The van der Waals surface area contributed by atoms with E-state index in [9.17, 15) is 24.3 Å². The molecule has 45 heavy (non-hydrogen) atoms. The van der Waals surface area contributed by atoms with Crippen LogP contribution in [0.25, 0.3) is 10.9 Å². The van der Waals surface area contributed by atoms with E-state index in [-0.39, 0.29) is 18.7 Å². The molecule has 2 heterocycles. The molecule has 1 unspecified atom stereocenters. The van der Waals surface area contributed by atoms with Crippen LogP contribution in [0, 0.1) is 6.92 Å². The summed E-state index contributed by atoms with van der Waals surface area (Å²) in [5, 5.41) is 26.4. The summed E-state index contributed by atoms with van der Waals surface area (Å²) in [6.07, 6.45) is 2.15. The van der Waals surface area contributed by atoms with E-state index in [4.69, 9.17) is 4.52 Å². The monoisotopic (exact) mass is 616 g/mol. The molecule has 0 saturated heterocycles. The number of aliphatic hydroxyl groups excluding tert-OH is 1. The minimum Gasteiger partial charge on any atom is -0.381 e. The number of amides is 4. The van der Waals surface area contributed by atoms with E-state index in [1.807, 2.05) is 61.5 Å². The van der Waals surface area contributed by atoms with E-state index in [1.54, 1.807) is 13.1 Å². The largest absolute Gasteiger partial charge is 0.381 e. The number of nitrogens with one attached hydrogen (secondary N) is 5. The van der Waals surface area contributed by atoms with Gasteiger partial charge in [-0.2, -0.15) is 0 Å². The third-order valence-electron chi connectivity index (χ3n) is 7.49. The molecule has 2 aromatic heterocycles. The number of carbonyl (C=O) groups excluding carboxylic acids is 4. The van der Waals surface area contributed by atoms with Crippen molar-refractivity contribution in [2.45, 2.75) is 77.2 Å². The first-order chi connectivity index (χ1) is 21.7. The van der Waals surface area contributed by atoms with E-state index in [1.165, 1.54) is 13.0 Å². The van der Waals surface area contributed by atoms with Gasteiger partial charge in [0.15, 0.2) is 11.8 Å². The van der Waals surface area contributed by atoms with Crippen molar-refractivity contribution in [2.24, 2.45) is 0 Å². The molecule has 0 bridgehead atoms. The van der Waals surface area contributed by atoms with Crippen LogP contribution in [0.1, 0.15) is 60.5 Å². The predicted molar refractivity (Wildman–Crippen MR) is 168 cm³/mol. The maximum Gasteiger partial charge on any atom is 0.274 e. The first-order valence-corrected chi connectivity index (χ1v) is 15.1. The smallest absolute Gasteiger partial charge is 0.274 e. The van der Waals surface area contributed by atoms with Crippen molar-refractivity contribution in [3.63, 3.8) is 0 Å². The molecular weight excluding hydrogens is 576 g/mol. The van der Waals surface area contributed by atoms with E-state index >= 15 is 0 Å². The van der Waals surface area contributed by atoms with Crippen molar-refractivity contribution >= 4 is 34.5 Å². The lowest BCUT2D eigenvalue weighted by atomic mass is 10.0. The number of rotatable bonds is 15. The van der Waals surface area contributed by atoms with Crippen molar-refractivity contribution in [3.05, 3.63) is 89.4 Å². The third-order valence-corrected chi connectivity index (χ3v) is 7.49. The fourth-order valence-corrected chi connectivity index (χ4v) is 4.92. The molecule has 4 aromatic rings. The minimum atomic E-state index is -1.52. The molecule has 12 nitrogen and oxygen atoms in total. The van der Waals surface area contributed by atoms with Crippen LogP contribution in [-0.2, 0) is 27.3 Å². The highest BCUT2D eigenvalue weighted by Crippen LogP contribution is 2.19. The van der Waals surface area contributed by atoms with Crippen LogP contribution in [-0.4, -0.2) is 63.1 Å². The Bertz CT molecular complexity index is 1600. The van der Waals surface area contributed by atoms with Crippen LogP contribution >= 0.6 is 0 Å². The highest BCUT2D eigenvalue weighted by Gasteiger charge is 2.32. The van der Waals surface area contributed by atoms with Crippen LogP contribution in [0.3, 0.4) is 0 Å². The van der Waals surface area contributed by atoms with Crippen LogP contribution < -0.4 is 21.3 Å². The number of aromatic nitrogens is 2. The number of aromatic amines is 1. The minimum absolute atomic E-state index is 0.0264. The quantitative estimate of drug-likeness (QED) is 0.119. The number of H-pyrrole nitrogens is 1. The highest BCUT2D eigenvalue weighted by atomic mass is 16.5. The van der Waals surface area contributed by atoms with Gasteiger partial charge in [-0.25, -0.2) is 0 Å². The second kappa shape index (κ2) is 15.7. The van der Waals surface area contributed by atoms with Crippen molar-refractivity contribution in [2.75, 3.05) is 0 Å². The molecular formula is C33H40N6O6. The lowest BCUT2D eigenvalue weighted by Gasteiger charge is -2.27. The zero-order chi connectivity index (χ0) is 32.3. The number of nitrogens with zero attached hydrogens (tertiary/aromatic N) is 1. The molecule has 6 N–H and O–H groups in total. The number of aliphatic hydroxyl groups is 1. The van der Waals surface area contributed by atoms with Crippen molar-refractivity contribution in [3.8, 4) is 0 Å². The number of hydrogen-bond donors (Lipinski definition) is 6. The molecule has 0 aliphatic rings. The highest BCUT2D eigenvalue weighted by molar-refractivity contribution is 5.97. The van der Waals surface area contributed by atoms with E-state index < -0.39 is 47.9 Å². The standard InChI is InChI=1S/C33H40N6O6/c1-4-5-14-26(29(40)33(44)35-18-22-11-7-6-8-12-22)37-31(42)27(17-23-19-34-25-15-10-9-13-24(23)25)38-30(41)21(3)36-32(43)28-16-20(2)45-39-28/h6-13,15-16,19,21,26-27,29,34,40H,4-5,14,17-18H2,1-3H3,(H,35,44)(H,36,43)(H,37,42)(H,38,41)/t21-,26-,27-,29?/m0/s1. The van der Waals surface area contributed by atoms with Gasteiger partial charge in [0.25, 0.3) is 11.8 Å².